The van der Waals surface area contributed by atoms with E-state index in [0.717, 1.165) is 6.07 Å². The fourth-order valence-electron chi connectivity index (χ4n) is 3.60. The van der Waals surface area contributed by atoms with E-state index in [1.807, 2.05) is 0 Å². The maximum absolute atomic E-state index is 14.1. The summed E-state index contributed by atoms with van der Waals surface area (Å²) in [6, 6.07) is 8.63. The molecule has 2 aromatic carbocycles. The van der Waals surface area contributed by atoms with Crippen LogP contribution in [0.25, 0.3) is 11.1 Å². The Morgan fingerprint density at radius 1 is 1.10 bits per heavy atom. The third-order valence-electron chi connectivity index (χ3n) is 4.87. The number of nitrogen functional groups attached to an aromatic ring is 1. The molecule has 1 aliphatic rings. The van der Waals surface area contributed by atoms with Gasteiger partial charge in [-0.3, -0.25) is 9.69 Å². The first kappa shape index (κ1) is 22.2. The number of carbonyl (C=O) groups excluding carboxylic acids is 1. The molecule has 0 aliphatic carbocycles. The molecule has 31 heavy (non-hydrogen) atoms. The van der Waals surface area contributed by atoms with Crippen LogP contribution in [-0.4, -0.2) is 31.8 Å². The monoisotopic (exact) mass is 446 g/mol. The molecule has 0 bridgehead atoms. The van der Waals surface area contributed by atoms with Crippen molar-refractivity contribution in [1.82, 2.24) is 0 Å². The van der Waals surface area contributed by atoms with E-state index in [2.05, 4.69) is 9.98 Å². The molecule has 0 spiro atoms. The Hall–Kier alpha value is -3.47. The van der Waals surface area contributed by atoms with Crippen molar-refractivity contribution in [2.24, 2.45) is 21.5 Å². The lowest BCUT2D eigenvalue weighted by molar-refractivity contribution is 0.0989. The molecule has 0 fully saturated rings. The van der Waals surface area contributed by atoms with E-state index in [1.165, 1.54) is 6.07 Å². The van der Waals surface area contributed by atoms with Gasteiger partial charge in [-0.25, -0.2) is 4.99 Å². The molecule has 164 valence electrons. The molecule has 0 saturated heterocycles. The normalized spacial score (nSPS) is 15.9. The molecule has 0 aromatic heterocycles. The highest BCUT2D eigenvalue weighted by Crippen LogP contribution is 2.37. The van der Waals surface area contributed by atoms with Gasteiger partial charge in [0.15, 0.2) is 5.78 Å². The molecule has 0 radical (unpaired) electrons. The smallest absolute Gasteiger partial charge is 0.332 e. The molecule has 0 atom stereocenters. The molecule has 0 amide bonds. The zero-order chi connectivity index (χ0) is 23.1. The topological polar surface area (TPSA) is 157 Å². The summed E-state index contributed by atoms with van der Waals surface area (Å²) >= 11 is 0. The van der Waals surface area contributed by atoms with Gasteiger partial charge in [-0.05, 0) is 43.7 Å². The van der Waals surface area contributed by atoms with Crippen molar-refractivity contribution in [2.45, 2.75) is 37.8 Å². The van der Waals surface area contributed by atoms with Crippen LogP contribution in [0.1, 0.15) is 37.6 Å². The van der Waals surface area contributed by atoms with Crippen molar-refractivity contribution in [3.05, 3.63) is 42.0 Å². The van der Waals surface area contributed by atoms with Gasteiger partial charge in [-0.15, -0.1) is 3.89 Å². The average Bonchev–Trinajstić information content (AvgIpc) is 2.65. The van der Waals surface area contributed by atoms with E-state index in [9.17, 15) is 17.1 Å². The van der Waals surface area contributed by atoms with Gasteiger partial charge in [0.2, 0.25) is 11.9 Å². The minimum atomic E-state index is -5.12. The number of hydrogen-bond acceptors (Lipinski definition) is 9. The van der Waals surface area contributed by atoms with Gasteiger partial charge in [0.1, 0.15) is 10.6 Å². The quantitative estimate of drug-likeness (QED) is 0.361. The van der Waals surface area contributed by atoms with Crippen molar-refractivity contribution in [3.63, 3.8) is 0 Å². The molecular formula is C20H23FN6O3S. The number of nitrogens with two attached hydrogens (primary N) is 3. The van der Waals surface area contributed by atoms with E-state index < -0.39 is 26.6 Å². The van der Waals surface area contributed by atoms with E-state index >= 15 is 0 Å². The fourth-order valence-corrected chi connectivity index (χ4v) is 4.29. The summed E-state index contributed by atoms with van der Waals surface area (Å²) in [5.41, 5.74) is 17.7. The zero-order valence-corrected chi connectivity index (χ0v) is 18.1. The van der Waals surface area contributed by atoms with Crippen LogP contribution in [0.5, 0.6) is 0 Å². The first-order valence-electron chi connectivity index (χ1n) is 9.37. The van der Waals surface area contributed by atoms with Crippen molar-refractivity contribution < 1.29 is 17.1 Å². The minimum absolute atomic E-state index is 0.0364. The highest BCUT2D eigenvalue weighted by atomic mass is 32.3. The highest BCUT2D eigenvalue weighted by molar-refractivity contribution is 7.86. The Labute approximate surface area is 179 Å². The Morgan fingerprint density at radius 2 is 1.71 bits per heavy atom. The number of Topliss-reactive ketones (excluding diaryl/α,β-unsaturated/α-hetero) is 1. The van der Waals surface area contributed by atoms with E-state index in [-0.39, 0.29) is 35.2 Å². The minimum Gasteiger partial charge on any atom is -0.398 e. The predicted octanol–water partition coefficient (Wildman–Crippen LogP) is 2.37. The van der Waals surface area contributed by atoms with Gasteiger partial charge in [0.05, 0.1) is 0 Å². The number of halogens is 1. The van der Waals surface area contributed by atoms with Crippen molar-refractivity contribution >= 4 is 39.3 Å². The van der Waals surface area contributed by atoms with E-state index in [1.54, 1.807) is 49.9 Å². The number of anilines is 2. The second-order valence-electron chi connectivity index (χ2n) is 7.43. The molecule has 11 heteroatoms. The number of benzene rings is 2. The Morgan fingerprint density at radius 3 is 2.23 bits per heavy atom. The number of aliphatic imine (C=N–C) groups is 2. The number of guanidine groups is 2. The summed E-state index contributed by atoms with van der Waals surface area (Å²) in [6.07, 6.45) is 0.0689. The maximum Gasteiger partial charge on any atom is 0.332 e. The van der Waals surface area contributed by atoms with Crippen LogP contribution in [0.15, 0.2) is 51.3 Å². The van der Waals surface area contributed by atoms with Gasteiger partial charge < -0.3 is 17.2 Å². The lowest BCUT2D eigenvalue weighted by atomic mass is 9.94. The molecular weight excluding hydrogens is 423 g/mol. The standard InChI is InChI=1S/C20H23FN6O3S/c1-4-14(28)17-13(22)9-10-15(31(21,29)30)16(17)11-5-7-12(8-6-11)27-19(24)25-18(23)26-20(27,2)3/h5-10H,4,22H2,1-3H3,(H4,23,24,25,26). The van der Waals surface area contributed by atoms with E-state index in [0.29, 0.717) is 11.3 Å². The van der Waals surface area contributed by atoms with Crippen LogP contribution < -0.4 is 22.1 Å². The second-order valence-corrected chi connectivity index (χ2v) is 8.75. The van der Waals surface area contributed by atoms with E-state index in [4.69, 9.17) is 17.2 Å². The summed E-state index contributed by atoms with van der Waals surface area (Å²) in [7, 11) is -5.12. The molecule has 2 aromatic rings. The summed E-state index contributed by atoms with van der Waals surface area (Å²) in [6.45, 7) is 5.19. The van der Waals surface area contributed by atoms with Gasteiger partial charge in [-0.2, -0.15) is 13.4 Å². The van der Waals surface area contributed by atoms with Crippen LogP contribution in [0, 0.1) is 0 Å². The first-order valence-corrected chi connectivity index (χ1v) is 10.8. The number of ketones is 1. The number of hydrogen-bond donors (Lipinski definition) is 3. The van der Waals surface area contributed by atoms with Gasteiger partial charge >= 0.3 is 10.2 Å². The van der Waals surface area contributed by atoms with Crippen LogP contribution in [0.2, 0.25) is 0 Å². The fraction of sp³-hybridized carbons (Fsp3) is 0.250. The van der Waals surface area contributed by atoms with Crippen LogP contribution in [0.3, 0.4) is 0 Å². The van der Waals surface area contributed by atoms with Crippen molar-refractivity contribution in [3.8, 4) is 11.1 Å². The lowest BCUT2D eigenvalue weighted by Gasteiger charge is -2.38. The molecule has 9 nitrogen and oxygen atoms in total. The molecule has 3 rings (SSSR count). The molecule has 6 N–H and O–H groups in total. The summed E-state index contributed by atoms with van der Waals surface area (Å²) in [5, 5.41) is 0. The van der Waals surface area contributed by atoms with Crippen molar-refractivity contribution in [1.29, 1.82) is 0 Å². The largest absolute Gasteiger partial charge is 0.398 e. The zero-order valence-electron chi connectivity index (χ0n) is 17.3. The number of carbonyl (C=O) groups is 1. The Kier molecular flexibility index (Phi) is 5.49. The molecule has 0 saturated carbocycles. The third-order valence-corrected chi connectivity index (χ3v) is 5.74. The summed E-state index contributed by atoms with van der Waals surface area (Å²) in [5.74, 6) is -0.223. The highest BCUT2D eigenvalue weighted by Gasteiger charge is 2.33. The summed E-state index contributed by atoms with van der Waals surface area (Å²) in [4.78, 5) is 21.8. The van der Waals surface area contributed by atoms with Crippen LogP contribution in [0.4, 0.5) is 15.3 Å². The second kappa shape index (κ2) is 7.65. The van der Waals surface area contributed by atoms with Crippen molar-refractivity contribution in [2.75, 3.05) is 10.6 Å². The maximum atomic E-state index is 14.1. The Bertz CT molecular complexity index is 1220. The van der Waals surface area contributed by atoms with Gasteiger partial charge in [0, 0.05) is 28.9 Å². The predicted molar refractivity (Wildman–Crippen MR) is 119 cm³/mol. The Balaban J connectivity index is 2.19. The van der Waals surface area contributed by atoms with Crippen LogP contribution >= 0.6 is 0 Å². The molecule has 1 aliphatic heterocycles. The molecule has 1 heterocycles. The molecule has 0 unspecified atom stereocenters. The summed E-state index contributed by atoms with van der Waals surface area (Å²) < 4.78 is 37.6. The van der Waals surface area contributed by atoms with Gasteiger partial charge in [0.25, 0.3) is 0 Å². The lowest BCUT2D eigenvalue weighted by Crippen LogP contribution is -2.54. The average molecular weight is 447 g/mol. The third kappa shape index (κ3) is 4.08. The van der Waals surface area contributed by atoms with Crippen LogP contribution in [-0.2, 0) is 10.2 Å². The number of nitrogens with zero attached hydrogens (tertiary/aromatic N) is 3. The van der Waals surface area contributed by atoms with Gasteiger partial charge in [-0.1, -0.05) is 19.1 Å². The SMILES string of the molecule is CCC(=O)c1c(N)ccc(S(=O)(=O)F)c1-c1ccc(N2C(N)=NC(N)=NC2(C)C)cc1. The first-order chi connectivity index (χ1) is 14.4. The number of rotatable bonds is 5.